The predicted molar refractivity (Wildman–Crippen MR) is 63.1 cm³/mol. The van der Waals surface area contributed by atoms with E-state index in [-0.39, 0.29) is 4.90 Å². The Labute approximate surface area is 91.5 Å². The van der Waals surface area contributed by atoms with Gasteiger partial charge in [-0.3, -0.25) is 0 Å². The molecule has 0 saturated carbocycles. The van der Waals surface area contributed by atoms with Crippen molar-refractivity contribution in [3.8, 4) is 0 Å². The summed E-state index contributed by atoms with van der Waals surface area (Å²) >= 11 is 0. The summed E-state index contributed by atoms with van der Waals surface area (Å²) in [4.78, 5) is 0.239. The highest BCUT2D eigenvalue weighted by atomic mass is 32.2. The topological polar surface area (TPSA) is 72.2 Å². The van der Waals surface area contributed by atoms with Gasteiger partial charge in [-0.2, -0.15) is 0 Å². The SMILES string of the molecule is CC.CCNS(=O)(=O)c1ccc(N)cc1. The zero-order valence-electron chi connectivity index (χ0n) is 9.32. The third-order valence-corrected chi connectivity index (χ3v) is 3.09. The van der Waals surface area contributed by atoms with E-state index in [1.54, 1.807) is 19.1 Å². The number of rotatable bonds is 3. The molecule has 0 aliphatic heterocycles. The van der Waals surface area contributed by atoms with Gasteiger partial charge in [-0.1, -0.05) is 20.8 Å². The lowest BCUT2D eigenvalue weighted by atomic mass is 10.3. The molecule has 1 aromatic carbocycles. The molecule has 1 rings (SSSR count). The fourth-order valence-corrected chi connectivity index (χ4v) is 1.96. The van der Waals surface area contributed by atoms with Gasteiger partial charge in [-0.25, -0.2) is 13.1 Å². The predicted octanol–water partition coefficient (Wildman–Crippen LogP) is 1.59. The van der Waals surface area contributed by atoms with Crippen LogP contribution >= 0.6 is 0 Å². The maximum absolute atomic E-state index is 11.4. The van der Waals surface area contributed by atoms with Crippen molar-refractivity contribution in [3.63, 3.8) is 0 Å². The zero-order chi connectivity index (χ0) is 11.9. The first-order valence-corrected chi connectivity index (χ1v) is 6.40. The quantitative estimate of drug-likeness (QED) is 0.775. The minimum absolute atomic E-state index is 0.239. The summed E-state index contributed by atoms with van der Waals surface area (Å²) in [6, 6.07) is 6.08. The Hall–Kier alpha value is -1.07. The van der Waals surface area contributed by atoms with Gasteiger partial charge in [-0.05, 0) is 24.3 Å². The van der Waals surface area contributed by atoms with Crippen LogP contribution in [0.2, 0.25) is 0 Å². The van der Waals surface area contributed by atoms with E-state index in [4.69, 9.17) is 5.73 Å². The number of benzene rings is 1. The third-order valence-electron chi connectivity index (χ3n) is 1.52. The monoisotopic (exact) mass is 230 g/mol. The van der Waals surface area contributed by atoms with Crippen molar-refractivity contribution in [3.05, 3.63) is 24.3 Å². The van der Waals surface area contributed by atoms with Crippen LogP contribution < -0.4 is 10.5 Å². The lowest BCUT2D eigenvalue weighted by Gasteiger charge is -2.03. The molecule has 4 nitrogen and oxygen atoms in total. The summed E-state index contributed by atoms with van der Waals surface area (Å²) in [5.74, 6) is 0. The van der Waals surface area contributed by atoms with E-state index in [9.17, 15) is 8.42 Å². The molecule has 0 aliphatic rings. The number of nitrogen functional groups attached to an aromatic ring is 1. The molecule has 0 unspecified atom stereocenters. The summed E-state index contributed by atoms with van der Waals surface area (Å²) in [5.41, 5.74) is 5.98. The third kappa shape index (κ3) is 4.31. The van der Waals surface area contributed by atoms with Gasteiger partial charge in [0.25, 0.3) is 0 Å². The lowest BCUT2D eigenvalue weighted by Crippen LogP contribution is -2.22. The normalized spacial score (nSPS) is 10.3. The molecule has 1 aromatic rings. The van der Waals surface area contributed by atoms with Crippen LogP contribution in [0.1, 0.15) is 20.8 Å². The van der Waals surface area contributed by atoms with Crippen LogP contribution in [0.15, 0.2) is 29.2 Å². The Morgan fingerprint density at radius 3 is 2.07 bits per heavy atom. The lowest BCUT2D eigenvalue weighted by molar-refractivity contribution is 0.584. The van der Waals surface area contributed by atoms with Gasteiger partial charge in [-0.15, -0.1) is 0 Å². The molecule has 15 heavy (non-hydrogen) atoms. The molecule has 0 bridgehead atoms. The molecular weight excluding hydrogens is 212 g/mol. The smallest absolute Gasteiger partial charge is 0.240 e. The Balaban J connectivity index is 0.000000921. The number of anilines is 1. The van der Waals surface area contributed by atoms with Crippen LogP contribution in [0.25, 0.3) is 0 Å². The molecular formula is C10H18N2O2S. The van der Waals surface area contributed by atoms with Crippen molar-refractivity contribution in [1.82, 2.24) is 4.72 Å². The minimum Gasteiger partial charge on any atom is -0.399 e. The first-order valence-electron chi connectivity index (χ1n) is 4.91. The van der Waals surface area contributed by atoms with Gasteiger partial charge in [0, 0.05) is 12.2 Å². The van der Waals surface area contributed by atoms with Crippen molar-refractivity contribution >= 4 is 15.7 Å². The molecule has 0 aliphatic carbocycles. The van der Waals surface area contributed by atoms with Gasteiger partial charge < -0.3 is 5.73 Å². The standard InChI is InChI=1S/C8H12N2O2S.C2H6/c1-2-10-13(11,12)8-5-3-7(9)4-6-8;1-2/h3-6,10H,2,9H2,1H3;1-2H3. The van der Waals surface area contributed by atoms with Gasteiger partial charge in [0.05, 0.1) is 4.90 Å². The van der Waals surface area contributed by atoms with Crippen molar-refractivity contribution < 1.29 is 8.42 Å². The minimum atomic E-state index is -3.33. The van der Waals surface area contributed by atoms with Crippen LogP contribution in [-0.4, -0.2) is 15.0 Å². The van der Waals surface area contributed by atoms with Crippen LogP contribution in [-0.2, 0) is 10.0 Å². The summed E-state index contributed by atoms with van der Waals surface area (Å²) in [7, 11) is -3.33. The number of sulfonamides is 1. The molecule has 86 valence electrons. The van der Waals surface area contributed by atoms with Crippen molar-refractivity contribution in [2.24, 2.45) is 0 Å². The van der Waals surface area contributed by atoms with E-state index in [1.807, 2.05) is 13.8 Å². The summed E-state index contributed by atoms with van der Waals surface area (Å²) in [6.45, 7) is 6.11. The highest BCUT2D eigenvalue weighted by Gasteiger charge is 2.10. The van der Waals surface area contributed by atoms with E-state index in [0.29, 0.717) is 12.2 Å². The Morgan fingerprint density at radius 1 is 1.20 bits per heavy atom. The average molecular weight is 230 g/mol. The second kappa shape index (κ2) is 6.42. The van der Waals surface area contributed by atoms with E-state index in [1.165, 1.54) is 12.1 Å². The number of hydrogen-bond donors (Lipinski definition) is 2. The van der Waals surface area contributed by atoms with E-state index in [0.717, 1.165) is 0 Å². The molecule has 0 spiro atoms. The van der Waals surface area contributed by atoms with Crippen molar-refractivity contribution in [2.45, 2.75) is 25.7 Å². The Kier molecular flexibility index (Phi) is 5.96. The fourth-order valence-electron chi connectivity index (χ4n) is 0.920. The molecule has 0 aromatic heterocycles. The van der Waals surface area contributed by atoms with Crippen molar-refractivity contribution in [1.29, 1.82) is 0 Å². The van der Waals surface area contributed by atoms with Crippen LogP contribution in [0.4, 0.5) is 5.69 Å². The van der Waals surface area contributed by atoms with Gasteiger partial charge in [0.1, 0.15) is 0 Å². The van der Waals surface area contributed by atoms with E-state index in [2.05, 4.69) is 4.72 Å². The molecule has 0 saturated heterocycles. The molecule has 0 radical (unpaired) electrons. The maximum atomic E-state index is 11.4. The highest BCUT2D eigenvalue weighted by molar-refractivity contribution is 7.89. The van der Waals surface area contributed by atoms with Crippen LogP contribution in [0.3, 0.4) is 0 Å². The zero-order valence-corrected chi connectivity index (χ0v) is 10.1. The van der Waals surface area contributed by atoms with Gasteiger partial charge >= 0.3 is 0 Å². The second-order valence-corrected chi connectivity index (χ2v) is 4.34. The number of hydrogen-bond acceptors (Lipinski definition) is 3. The first-order chi connectivity index (χ1) is 7.06. The second-order valence-electron chi connectivity index (χ2n) is 2.57. The first kappa shape index (κ1) is 13.9. The molecule has 0 heterocycles. The molecule has 5 heteroatoms. The van der Waals surface area contributed by atoms with Gasteiger partial charge in [0.2, 0.25) is 10.0 Å². The van der Waals surface area contributed by atoms with Gasteiger partial charge in [0.15, 0.2) is 0 Å². The molecule has 0 amide bonds. The number of nitrogens with one attached hydrogen (secondary N) is 1. The molecule has 0 fully saturated rings. The van der Waals surface area contributed by atoms with E-state index < -0.39 is 10.0 Å². The Bertz CT molecular complexity index is 371. The van der Waals surface area contributed by atoms with Crippen molar-refractivity contribution in [2.75, 3.05) is 12.3 Å². The Morgan fingerprint density at radius 2 is 1.67 bits per heavy atom. The number of nitrogens with two attached hydrogens (primary N) is 1. The summed E-state index contributed by atoms with van der Waals surface area (Å²) < 4.78 is 25.2. The largest absolute Gasteiger partial charge is 0.399 e. The average Bonchev–Trinajstić information content (AvgIpc) is 2.21. The van der Waals surface area contributed by atoms with Crippen LogP contribution in [0, 0.1) is 0 Å². The highest BCUT2D eigenvalue weighted by Crippen LogP contribution is 2.10. The van der Waals surface area contributed by atoms with E-state index >= 15 is 0 Å². The summed E-state index contributed by atoms with van der Waals surface area (Å²) in [6.07, 6.45) is 0. The molecule has 0 atom stereocenters. The molecule has 3 N–H and O–H groups in total. The maximum Gasteiger partial charge on any atom is 0.240 e. The van der Waals surface area contributed by atoms with Crippen LogP contribution in [0.5, 0.6) is 0 Å². The fraction of sp³-hybridized carbons (Fsp3) is 0.400. The summed E-state index contributed by atoms with van der Waals surface area (Å²) in [5, 5.41) is 0.